The summed E-state index contributed by atoms with van der Waals surface area (Å²) in [5.41, 5.74) is 9.83. The van der Waals surface area contributed by atoms with Crippen LogP contribution >= 0.6 is 0 Å². The van der Waals surface area contributed by atoms with Crippen LogP contribution in [-0.4, -0.2) is 49.3 Å². The number of fused-ring (bicyclic) bond motifs is 1. The second-order valence-corrected chi connectivity index (χ2v) is 9.73. The molecule has 0 bridgehead atoms. The lowest BCUT2D eigenvalue weighted by Gasteiger charge is -2.45. The summed E-state index contributed by atoms with van der Waals surface area (Å²) in [5, 5.41) is 30.5. The van der Waals surface area contributed by atoms with E-state index in [1.54, 1.807) is 39.0 Å². The van der Waals surface area contributed by atoms with Crippen LogP contribution in [0.15, 0.2) is 41.1 Å². The highest BCUT2D eigenvalue weighted by molar-refractivity contribution is 5.75. The first kappa shape index (κ1) is 26.9. The highest BCUT2D eigenvalue weighted by Crippen LogP contribution is 2.55. The van der Waals surface area contributed by atoms with Crippen LogP contribution in [-0.2, 0) is 9.53 Å². The molecule has 2 amide bonds. The average Bonchev–Trinajstić information content (AvgIpc) is 2.85. The minimum absolute atomic E-state index is 0.0570. The Kier molecular flexibility index (Phi) is 7.36. The number of carbonyl (C=O) groups is 2. The number of amides is 2. The number of nitrogens with two attached hydrogens (primary N) is 2. The van der Waals surface area contributed by atoms with Gasteiger partial charge in [0.2, 0.25) is 0 Å². The van der Waals surface area contributed by atoms with Gasteiger partial charge < -0.3 is 30.6 Å². The molecule has 1 aromatic rings. The molecule has 0 radical (unpaired) electrons. The molecule has 2 aliphatic rings. The van der Waals surface area contributed by atoms with E-state index < -0.39 is 34.9 Å². The Hall–Kier alpha value is -4.69. The standard InChI is InChI=1S/C26H28N6O5/c1-25(2,3)37-24(34)32-8-7-16-17(10-27)23(31)26(13-28,14-29)22(18(16)11-32)15-5-6-19(20(9-15)35-4)36-12-21(30)33/h5-7,9,18,22H,8,11-12,31H2,1-4H3,(H2,30,33)/t18-,22-/m1/s1. The largest absolute Gasteiger partial charge is 0.493 e. The van der Waals surface area contributed by atoms with Gasteiger partial charge in [-0.15, -0.1) is 0 Å². The summed E-state index contributed by atoms with van der Waals surface area (Å²) in [6.07, 6.45) is 1.14. The van der Waals surface area contributed by atoms with E-state index in [4.69, 9.17) is 25.7 Å². The van der Waals surface area contributed by atoms with Crippen molar-refractivity contribution in [2.75, 3.05) is 26.8 Å². The molecule has 11 heteroatoms. The molecule has 1 heterocycles. The molecule has 3 rings (SSSR count). The number of allylic oxidation sites excluding steroid dienone is 2. The van der Waals surface area contributed by atoms with Crippen molar-refractivity contribution >= 4 is 12.0 Å². The highest BCUT2D eigenvalue weighted by atomic mass is 16.6. The summed E-state index contributed by atoms with van der Waals surface area (Å²) in [6, 6.07) is 10.9. The lowest BCUT2D eigenvalue weighted by Crippen LogP contribution is -2.50. The second-order valence-electron chi connectivity index (χ2n) is 9.73. The number of ether oxygens (including phenoxy) is 3. The van der Waals surface area contributed by atoms with Crippen molar-refractivity contribution in [3.63, 3.8) is 0 Å². The van der Waals surface area contributed by atoms with Crippen molar-refractivity contribution in [2.24, 2.45) is 22.8 Å². The third kappa shape index (κ3) is 5.00. The van der Waals surface area contributed by atoms with Gasteiger partial charge in [0.1, 0.15) is 11.7 Å². The monoisotopic (exact) mass is 504 g/mol. The van der Waals surface area contributed by atoms with Crippen molar-refractivity contribution in [1.82, 2.24) is 4.90 Å². The fourth-order valence-electron chi connectivity index (χ4n) is 4.68. The summed E-state index contributed by atoms with van der Waals surface area (Å²) < 4.78 is 16.4. The summed E-state index contributed by atoms with van der Waals surface area (Å²) in [7, 11) is 1.40. The van der Waals surface area contributed by atoms with Gasteiger partial charge in [-0.2, -0.15) is 15.8 Å². The van der Waals surface area contributed by atoms with Crippen LogP contribution in [0.3, 0.4) is 0 Å². The molecule has 37 heavy (non-hydrogen) atoms. The molecule has 1 aliphatic carbocycles. The van der Waals surface area contributed by atoms with E-state index in [0.717, 1.165) is 0 Å². The van der Waals surface area contributed by atoms with Gasteiger partial charge in [-0.1, -0.05) is 12.1 Å². The zero-order valence-corrected chi connectivity index (χ0v) is 21.1. The van der Waals surface area contributed by atoms with Crippen molar-refractivity contribution in [2.45, 2.75) is 32.3 Å². The van der Waals surface area contributed by atoms with E-state index in [2.05, 4.69) is 6.07 Å². The number of hydrogen-bond donors (Lipinski definition) is 2. The molecule has 1 aromatic carbocycles. The fourth-order valence-corrected chi connectivity index (χ4v) is 4.68. The normalized spacial score (nSPS) is 20.4. The Morgan fingerprint density at radius 1 is 1.19 bits per heavy atom. The molecule has 0 aromatic heterocycles. The van der Waals surface area contributed by atoms with Gasteiger partial charge in [0, 0.05) is 24.9 Å². The maximum absolute atomic E-state index is 12.9. The quantitative estimate of drug-likeness (QED) is 0.605. The number of nitrogens with zero attached hydrogens (tertiary/aromatic N) is 4. The summed E-state index contributed by atoms with van der Waals surface area (Å²) in [6.45, 7) is 5.13. The Balaban J connectivity index is 2.18. The second kappa shape index (κ2) is 10.1. The minimum atomic E-state index is -1.91. The maximum Gasteiger partial charge on any atom is 0.410 e. The summed E-state index contributed by atoms with van der Waals surface area (Å²) in [5.74, 6) is -1.72. The van der Waals surface area contributed by atoms with E-state index in [-0.39, 0.29) is 42.5 Å². The number of carbonyl (C=O) groups excluding carboxylic acids is 2. The van der Waals surface area contributed by atoms with Crippen molar-refractivity contribution < 1.29 is 23.8 Å². The fraction of sp³-hybridized carbons (Fsp3) is 0.423. The van der Waals surface area contributed by atoms with Crippen LogP contribution in [0.2, 0.25) is 0 Å². The van der Waals surface area contributed by atoms with Crippen molar-refractivity contribution in [3.8, 4) is 29.7 Å². The number of benzene rings is 1. The molecule has 0 unspecified atom stereocenters. The lowest BCUT2D eigenvalue weighted by molar-refractivity contribution is -0.119. The van der Waals surface area contributed by atoms with Gasteiger partial charge in [0.15, 0.2) is 23.5 Å². The highest BCUT2D eigenvalue weighted by Gasteiger charge is 2.55. The third-order valence-electron chi connectivity index (χ3n) is 6.23. The molecule has 2 atom stereocenters. The SMILES string of the molecule is COc1cc([C@@H]2[C@@H]3CN(C(=O)OC(C)(C)C)CC=C3C(C#N)=C(N)C2(C#N)C#N)ccc1OCC(N)=O. The predicted octanol–water partition coefficient (Wildman–Crippen LogP) is 2.22. The van der Waals surface area contributed by atoms with Crippen LogP contribution in [0, 0.1) is 45.3 Å². The number of rotatable bonds is 5. The number of hydrogen-bond acceptors (Lipinski definition) is 9. The molecule has 0 saturated carbocycles. The molecular formula is C26H28N6O5. The maximum atomic E-state index is 12.9. The Labute approximate surface area is 215 Å². The Morgan fingerprint density at radius 2 is 1.86 bits per heavy atom. The van der Waals surface area contributed by atoms with Gasteiger partial charge in [0.05, 0.1) is 30.5 Å². The molecular weight excluding hydrogens is 476 g/mol. The Morgan fingerprint density at radius 3 is 2.41 bits per heavy atom. The topological polar surface area (TPSA) is 188 Å². The van der Waals surface area contributed by atoms with Gasteiger partial charge in [-0.25, -0.2) is 4.79 Å². The minimum Gasteiger partial charge on any atom is -0.493 e. The number of primary amides is 1. The van der Waals surface area contributed by atoms with Crippen LogP contribution in [0.25, 0.3) is 0 Å². The Bertz CT molecular complexity index is 1290. The van der Waals surface area contributed by atoms with E-state index >= 15 is 0 Å². The number of methoxy groups -OCH3 is 1. The van der Waals surface area contributed by atoms with E-state index in [1.165, 1.54) is 18.1 Å². The zero-order chi connectivity index (χ0) is 27.5. The molecule has 1 aliphatic heterocycles. The van der Waals surface area contributed by atoms with E-state index in [1.807, 2.05) is 12.1 Å². The first-order chi connectivity index (χ1) is 17.4. The van der Waals surface area contributed by atoms with Crippen LogP contribution < -0.4 is 20.9 Å². The van der Waals surface area contributed by atoms with Gasteiger partial charge in [-0.3, -0.25) is 4.79 Å². The number of nitriles is 3. The van der Waals surface area contributed by atoms with Gasteiger partial charge >= 0.3 is 6.09 Å². The summed E-state index contributed by atoms with van der Waals surface area (Å²) in [4.78, 5) is 25.5. The van der Waals surface area contributed by atoms with E-state index in [0.29, 0.717) is 11.1 Å². The third-order valence-corrected chi connectivity index (χ3v) is 6.23. The zero-order valence-electron chi connectivity index (χ0n) is 21.1. The van der Waals surface area contributed by atoms with Gasteiger partial charge in [-0.05, 0) is 44.0 Å². The van der Waals surface area contributed by atoms with Crippen molar-refractivity contribution in [3.05, 3.63) is 46.7 Å². The lowest BCUT2D eigenvalue weighted by atomic mass is 9.58. The summed E-state index contributed by atoms with van der Waals surface area (Å²) >= 11 is 0. The van der Waals surface area contributed by atoms with Crippen LogP contribution in [0.1, 0.15) is 32.3 Å². The molecule has 4 N–H and O–H groups in total. The average molecular weight is 505 g/mol. The molecule has 11 nitrogen and oxygen atoms in total. The van der Waals surface area contributed by atoms with Crippen molar-refractivity contribution in [1.29, 1.82) is 15.8 Å². The van der Waals surface area contributed by atoms with Crippen LogP contribution in [0.4, 0.5) is 4.79 Å². The predicted molar refractivity (Wildman–Crippen MR) is 130 cm³/mol. The van der Waals surface area contributed by atoms with Crippen LogP contribution in [0.5, 0.6) is 11.5 Å². The van der Waals surface area contributed by atoms with E-state index in [9.17, 15) is 25.4 Å². The molecule has 0 saturated heterocycles. The van der Waals surface area contributed by atoms with Gasteiger partial charge in [0.25, 0.3) is 5.91 Å². The first-order valence-electron chi connectivity index (χ1n) is 11.4. The first-order valence-corrected chi connectivity index (χ1v) is 11.4. The smallest absolute Gasteiger partial charge is 0.410 e. The molecule has 0 spiro atoms. The molecule has 192 valence electrons. The molecule has 0 fully saturated rings.